The highest BCUT2D eigenvalue weighted by Crippen LogP contribution is 2.28. The predicted octanol–water partition coefficient (Wildman–Crippen LogP) is 1.13. The maximum Gasteiger partial charge on any atom is 0.274 e. The number of hydrogen-bond acceptors (Lipinski definition) is 10. The lowest BCUT2D eigenvalue weighted by atomic mass is 10.1. The molecule has 41 heavy (non-hydrogen) atoms. The van der Waals surface area contributed by atoms with Crippen LogP contribution in [0.2, 0.25) is 0 Å². The van der Waals surface area contributed by atoms with E-state index in [0.29, 0.717) is 18.9 Å². The Labute approximate surface area is 241 Å². The van der Waals surface area contributed by atoms with Crippen molar-refractivity contribution in [1.82, 2.24) is 34.8 Å². The maximum absolute atomic E-state index is 11.7. The van der Waals surface area contributed by atoms with Gasteiger partial charge in [0.2, 0.25) is 5.95 Å². The Morgan fingerprint density at radius 3 is 2.54 bits per heavy atom. The summed E-state index contributed by atoms with van der Waals surface area (Å²) in [5.41, 5.74) is 4.12. The number of hydrogen-bond donors (Lipinski definition) is 4. The Kier molecular flexibility index (Phi) is 8.42. The first-order chi connectivity index (χ1) is 19.9. The first-order valence-corrected chi connectivity index (χ1v) is 15.8. The number of anilines is 3. The van der Waals surface area contributed by atoms with Gasteiger partial charge in [0, 0.05) is 94.3 Å². The molecule has 2 unspecified atom stereocenters. The third kappa shape index (κ3) is 7.36. The van der Waals surface area contributed by atoms with Crippen LogP contribution in [-0.2, 0) is 16.8 Å². The lowest BCUT2D eigenvalue weighted by molar-refractivity contribution is 0.128. The fraction of sp³-hybridized carbons (Fsp3) is 0.464. The number of nitrogens with one attached hydrogen (secondary N) is 3. The fourth-order valence-electron chi connectivity index (χ4n) is 6.01. The van der Waals surface area contributed by atoms with E-state index in [2.05, 4.69) is 69.3 Å². The molecule has 0 saturated carbocycles. The summed E-state index contributed by atoms with van der Waals surface area (Å²) in [6.07, 6.45) is 6.90. The third-order valence-corrected chi connectivity index (χ3v) is 8.73. The second-order valence-electron chi connectivity index (χ2n) is 11.1. The Morgan fingerprint density at radius 1 is 0.927 bits per heavy atom. The van der Waals surface area contributed by atoms with Crippen molar-refractivity contribution in [3.8, 4) is 11.1 Å². The smallest absolute Gasteiger partial charge is 0.274 e. The van der Waals surface area contributed by atoms with E-state index in [0.717, 1.165) is 81.4 Å². The Balaban J connectivity index is 1.25. The summed E-state index contributed by atoms with van der Waals surface area (Å²) in [6, 6.07) is 12.3. The van der Waals surface area contributed by atoms with Gasteiger partial charge in [-0.25, -0.2) is 20.1 Å². The van der Waals surface area contributed by atoms with E-state index < -0.39 is 10.2 Å². The van der Waals surface area contributed by atoms with Gasteiger partial charge in [-0.2, -0.15) is 13.1 Å². The number of piperazine rings is 1. The van der Waals surface area contributed by atoms with Crippen LogP contribution in [0.25, 0.3) is 11.1 Å². The van der Waals surface area contributed by atoms with E-state index >= 15 is 0 Å². The largest absolute Gasteiger partial charge is 0.340 e. The van der Waals surface area contributed by atoms with Crippen LogP contribution in [0.3, 0.4) is 0 Å². The minimum atomic E-state index is -3.80. The number of rotatable bonds is 2. The minimum Gasteiger partial charge on any atom is -0.340 e. The lowest BCUT2D eigenvalue weighted by Gasteiger charge is -2.34. The molecule has 8 heterocycles. The molecule has 0 amide bonds. The van der Waals surface area contributed by atoms with Crippen molar-refractivity contribution in [3.05, 3.63) is 60.6 Å². The van der Waals surface area contributed by atoms with Gasteiger partial charge < -0.3 is 15.5 Å². The molecule has 9 rings (SSSR count). The van der Waals surface area contributed by atoms with Crippen LogP contribution in [0.1, 0.15) is 18.4 Å². The zero-order valence-electron chi connectivity index (χ0n) is 23.1. The molecule has 0 radical (unpaired) electrons. The molecular weight excluding hydrogens is 540 g/mol. The molecule has 6 aliphatic rings. The highest BCUT2D eigenvalue weighted by molar-refractivity contribution is 7.87. The summed E-state index contributed by atoms with van der Waals surface area (Å²) in [4.78, 5) is 21.0. The van der Waals surface area contributed by atoms with Crippen LogP contribution in [-0.4, -0.2) is 97.6 Å². The Morgan fingerprint density at radius 2 is 1.73 bits per heavy atom. The van der Waals surface area contributed by atoms with E-state index in [1.54, 1.807) is 6.20 Å². The number of nitrogens with zero attached hydrogens (tertiary/aromatic N) is 6. The molecule has 2 aromatic heterocycles. The van der Waals surface area contributed by atoms with Crippen molar-refractivity contribution < 1.29 is 8.42 Å². The van der Waals surface area contributed by atoms with Crippen LogP contribution in [0.5, 0.6) is 0 Å². The van der Waals surface area contributed by atoms with Gasteiger partial charge in [0.05, 0.1) is 0 Å². The molecule has 0 aliphatic carbocycles. The van der Waals surface area contributed by atoms with Gasteiger partial charge in [-0.15, -0.1) is 0 Å². The molecule has 12 nitrogen and oxygen atoms in total. The van der Waals surface area contributed by atoms with Gasteiger partial charge in [0.1, 0.15) is 5.82 Å². The second-order valence-corrected chi connectivity index (χ2v) is 12.4. The maximum atomic E-state index is 11.7. The average Bonchev–Trinajstić information content (AvgIpc) is 3.34. The normalized spacial score (nSPS) is 25.4. The monoisotopic (exact) mass is 578 g/mol. The quantitative estimate of drug-likeness (QED) is 0.349. The van der Waals surface area contributed by atoms with Crippen molar-refractivity contribution >= 4 is 27.7 Å². The molecule has 5 N–H and O–H groups in total. The van der Waals surface area contributed by atoms with Gasteiger partial charge in [0.15, 0.2) is 0 Å². The molecule has 6 aliphatic heterocycles. The molecule has 3 aromatic rings. The summed E-state index contributed by atoms with van der Waals surface area (Å²) < 4.78 is 26.1. The molecule has 2 saturated heterocycles. The van der Waals surface area contributed by atoms with Gasteiger partial charge in [-0.1, -0.05) is 12.1 Å². The van der Waals surface area contributed by atoms with Crippen LogP contribution in [0.15, 0.2) is 55.0 Å². The highest BCUT2D eigenvalue weighted by Gasteiger charge is 2.35. The van der Waals surface area contributed by atoms with E-state index in [4.69, 9.17) is 5.14 Å². The summed E-state index contributed by atoms with van der Waals surface area (Å²) in [5.74, 6) is 1.33. The number of benzene rings is 1. The van der Waals surface area contributed by atoms with Gasteiger partial charge in [0.25, 0.3) is 10.2 Å². The van der Waals surface area contributed by atoms with Crippen molar-refractivity contribution in [1.29, 1.82) is 0 Å². The zero-order chi connectivity index (χ0) is 28.2. The van der Waals surface area contributed by atoms with Crippen LogP contribution < -0.4 is 25.4 Å². The number of pyridine rings is 1. The number of nitrogens with two attached hydrogens (primary N) is 1. The van der Waals surface area contributed by atoms with Crippen molar-refractivity contribution in [2.45, 2.75) is 31.5 Å². The van der Waals surface area contributed by atoms with Gasteiger partial charge in [-0.05, 0) is 54.8 Å². The molecule has 2 atom stereocenters. The van der Waals surface area contributed by atoms with E-state index in [1.807, 2.05) is 24.5 Å². The van der Waals surface area contributed by atoms with Gasteiger partial charge >= 0.3 is 0 Å². The topological polar surface area (TPSA) is 145 Å². The zero-order valence-corrected chi connectivity index (χ0v) is 23.9. The molecule has 0 spiro atoms. The standard InChI is InChI=1S/C28H38N10O2S/c29-41(39,40)35-25-16-26-5-6-30-8-9-36-10-12-37(13-11-36)19-21-2-1-3-24(14-21)34-27-15-22(4-7-31-27)23-17-32-28(33-18-23)38(26)20-25/h1-4,7,14-15,17-18,25-26,30,35H,5-6,8-13,16,19-20H2,(H,31,34)(H2,29,39,40). The number of aromatic nitrogens is 3. The SMILES string of the molecule is NS(=O)(=O)NC1CC2CCNCCN3CCN(CC3)Cc3cccc(c3)Nc3cc(ccn3)-c3cnc(nc3)N2C1. The van der Waals surface area contributed by atoms with Crippen molar-refractivity contribution in [2.75, 3.05) is 62.6 Å². The predicted molar refractivity (Wildman–Crippen MR) is 160 cm³/mol. The fourth-order valence-corrected chi connectivity index (χ4v) is 6.64. The van der Waals surface area contributed by atoms with E-state index in [-0.39, 0.29) is 12.1 Å². The van der Waals surface area contributed by atoms with Crippen molar-refractivity contribution in [2.24, 2.45) is 5.14 Å². The molecule has 1 aromatic carbocycles. The highest BCUT2D eigenvalue weighted by atomic mass is 32.2. The molecule has 2 fully saturated rings. The van der Waals surface area contributed by atoms with Crippen molar-refractivity contribution in [3.63, 3.8) is 0 Å². The summed E-state index contributed by atoms with van der Waals surface area (Å²) in [5, 5.41) is 12.3. The molecule has 218 valence electrons. The average molecular weight is 579 g/mol. The third-order valence-electron chi connectivity index (χ3n) is 8.06. The Bertz CT molecular complexity index is 1430. The lowest BCUT2D eigenvalue weighted by Crippen LogP contribution is -2.47. The molecule has 13 heteroatoms. The molecular formula is C28H38N10O2S. The van der Waals surface area contributed by atoms with E-state index in [1.165, 1.54) is 5.56 Å². The minimum absolute atomic E-state index is 0.0875. The second kappa shape index (κ2) is 12.3. The summed E-state index contributed by atoms with van der Waals surface area (Å²) in [6.45, 7) is 8.35. The summed E-state index contributed by atoms with van der Waals surface area (Å²) in [7, 11) is -3.80. The molecule has 8 bridgehead atoms. The first-order valence-electron chi connectivity index (χ1n) is 14.2. The first kappa shape index (κ1) is 27.9. The van der Waals surface area contributed by atoms with Gasteiger partial charge in [-0.3, -0.25) is 9.80 Å². The van der Waals surface area contributed by atoms with Crippen LogP contribution in [0.4, 0.5) is 17.5 Å². The van der Waals surface area contributed by atoms with Crippen LogP contribution in [0, 0.1) is 0 Å². The van der Waals surface area contributed by atoms with Crippen LogP contribution >= 0.6 is 0 Å². The van der Waals surface area contributed by atoms with E-state index in [9.17, 15) is 8.42 Å². The summed E-state index contributed by atoms with van der Waals surface area (Å²) >= 11 is 0. The Hall–Kier alpha value is -3.20.